The average molecular weight is 304 g/mol. The molecule has 0 bridgehead atoms. The van der Waals surface area contributed by atoms with Gasteiger partial charge >= 0.3 is 0 Å². The van der Waals surface area contributed by atoms with Gasteiger partial charge in [0.1, 0.15) is 5.75 Å². The minimum Gasteiger partial charge on any atom is -0.496 e. The van der Waals surface area contributed by atoms with Crippen LogP contribution in [0.25, 0.3) is 0 Å². The zero-order valence-corrected chi connectivity index (χ0v) is 13.3. The third kappa shape index (κ3) is 4.48. The van der Waals surface area contributed by atoms with E-state index in [4.69, 9.17) is 4.74 Å². The summed E-state index contributed by atoms with van der Waals surface area (Å²) in [7, 11) is 1.60. The zero-order valence-electron chi connectivity index (χ0n) is 13.3. The van der Waals surface area contributed by atoms with Crippen molar-refractivity contribution < 1.29 is 14.3 Å². The molecule has 0 saturated heterocycles. The van der Waals surface area contributed by atoms with Crippen LogP contribution >= 0.6 is 0 Å². The minimum atomic E-state index is -0.123. The predicted molar refractivity (Wildman–Crippen MR) is 85.7 cm³/mol. The van der Waals surface area contributed by atoms with E-state index >= 15 is 0 Å². The van der Waals surface area contributed by atoms with Gasteiger partial charge in [0, 0.05) is 30.6 Å². The molecule has 0 heterocycles. The summed E-state index contributed by atoms with van der Waals surface area (Å²) < 4.78 is 5.32. The predicted octanol–water partition coefficient (Wildman–Crippen LogP) is 2.85. The second-order valence-electron chi connectivity index (χ2n) is 5.76. The van der Waals surface area contributed by atoms with E-state index in [0.29, 0.717) is 18.0 Å². The van der Waals surface area contributed by atoms with Gasteiger partial charge in [-0.15, -0.1) is 0 Å². The van der Waals surface area contributed by atoms with Crippen LogP contribution in [-0.2, 0) is 16.1 Å². The van der Waals surface area contributed by atoms with E-state index in [1.807, 2.05) is 6.07 Å². The summed E-state index contributed by atoms with van der Waals surface area (Å²) in [4.78, 5) is 23.4. The van der Waals surface area contributed by atoms with E-state index in [1.165, 1.54) is 13.3 Å². The number of hydrogen-bond acceptors (Lipinski definition) is 3. The number of rotatable bonds is 5. The number of ether oxygens (including phenoxy) is 1. The van der Waals surface area contributed by atoms with E-state index < -0.39 is 0 Å². The number of anilines is 1. The van der Waals surface area contributed by atoms with Crippen LogP contribution in [0, 0.1) is 5.92 Å². The summed E-state index contributed by atoms with van der Waals surface area (Å²) >= 11 is 0. The molecule has 0 spiro atoms. The van der Waals surface area contributed by atoms with E-state index in [9.17, 15) is 9.59 Å². The number of benzene rings is 1. The molecule has 0 aliphatic heterocycles. The zero-order chi connectivity index (χ0) is 15.9. The van der Waals surface area contributed by atoms with Gasteiger partial charge in [0.2, 0.25) is 11.8 Å². The number of carbonyl (C=O) groups is 2. The lowest BCUT2D eigenvalue weighted by Crippen LogP contribution is -2.31. The van der Waals surface area contributed by atoms with Crippen LogP contribution in [0.5, 0.6) is 5.75 Å². The fourth-order valence-electron chi connectivity index (χ4n) is 2.89. The van der Waals surface area contributed by atoms with Crippen molar-refractivity contribution in [2.75, 3.05) is 12.4 Å². The maximum Gasteiger partial charge on any atom is 0.223 e. The van der Waals surface area contributed by atoms with Crippen LogP contribution in [0.2, 0.25) is 0 Å². The van der Waals surface area contributed by atoms with Crippen LogP contribution in [0.4, 0.5) is 5.69 Å². The second kappa shape index (κ2) is 7.82. The monoisotopic (exact) mass is 304 g/mol. The van der Waals surface area contributed by atoms with Crippen LogP contribution in [0.3, 0.4) is 0 Å². The topological polar surface area (TPSA) is 67.4 Å². The Bertz CT molecular complexity index is 537. The molecular weight excluding hydrogens is 280 g/mol. The van der Waals surface area contributed by atoms with Gasteiger partial charge in [-0.1, -0.05) is 19.3 Å². The number of methoxy groups -OCH3 is 1. The lowest BCUT2D eigenvalue weighted by molar-refractivity contribution is -0.126. The molecule has 1 fully saturated rings. The first-order chi connectivity index (χ1) is 10.6. The Morgan fingerprint density at radius 3 is 2.59 bits per heavy atom. The summed E-state index contributed by atoms with van der Waals surface area (Å²) in [6, 6.07) is 5.42. The molecule has 5 nitrogen and oxygen atoms in total. The molecule has 1 saturated carbocycles. The molecule has 0 unspecified atom stereocenters. The first kappa shape index (κ1) is 16.3. The SMILES string of the molecule is COc1ccc(NC(C)=O)cc1CNC(=O)C1CCCCC1. The molecule has 1 aliphatic carbocycles. The molecule has 2 N–H and O–H groups in total. The molecular formula is C17H24N2O3. The lowest BCUT2D eigenvalue weighted by Gasteiger charge is -2.21. The van der Waals surface area contributed by atoms with Crippen molar-refractivity contribution in [3.8, 4) is 5.75 Å². The summed E-state index contributed by atoms with van der Waals surface area (Å²) in [6.07, 6.45) is 5.47. The summed E-state index contributed by atoms with van der Waals surface area (Å²) in [5, 5.41) is 5.73. The molecule has 22 heavy (non-hydrogen) atoms. The first-order valence-electron chi connectivity index (χ1n) is 7.82. The highest BCUT2D eigenvalue weighted by molar-refractivity contribution is 5.88. The van der Waals surface area contributed by atoms with E-state index in [0.717, 1.165) is 31.2 Å². The highest BCUT2D eigenvalue weighted by atomic mass is 16.5. The van der Waals surface area contributed by atoms with Crippen LogP contribution in [0.15, 0.2) is 18.2 Å². The van der Waals surface area contributed by atoms with Crippen LogP contribution in [0.1, 0.15) is 44.6 Å². The third-order valence-corrected chi connectivity index (χ3v) is 4.03. The van der Waals surface area contributed by atoms with Gasteiger partial charge in [-0.25, -0.2) is 0 Å². The summed E-state index contributed by atoms with van der Waals surface area (Å²) in [6.45, 7) is 1.88. The number of carbonyl (C=O) groups excluding carboxylic acids is 2. The fraction of sp³-hybridized carbons (Fsp3) is 0.529. The van der Waals surface area contributed by atoms with Gasteiger partial charge in [0.15, 0.2) is 0 Å². The summed E-state index contributed by atoms with van der Waals surface area (Å²) in [5.41, 5.74) is 1.56. The molecule has 5 heteroatoms. The van der Waals surface area contributed by atoms with Gasteiger partial charge in [-0.3, -0.25) is 9.59 Å². The van der Waals surface area contributed by atoms with Crippen molar-refractivity contribution in [3.63, 3.8) is 0 Å². The van der Waals surface area contributed by atoms with Gasteiger partial charge < -0.3 is 15.4 Å². The second-order valence-corrected chi connectivity index (χ2v) is 5.76. The molecule has 0 aromatic heterocycles. The number of amides is 2. The Hall–Kier alpha value is -2.04. The van der Waals surface area contributed by atoms with Gasteiger partial charge in [-0.05, 0) is 31.0 Å². The van der Waals surface area contributed by atoms with Crippen molar-refractivity contribution in [2.45, 2.75) is 45.6 Å². The molecule has 1 aromatic carbocycles. The molecule has 0 atom stereocenters. The Balaban J connectivity index is 2.00. The fourth-order valence-corrected chi connectivity index (χ4v) is 2.89. The molecule has 1 aromatic rings. The van der Waals surface area contributed by atoms with Crippen molar-refractivity contribution in [1.29, 1.82) is 0 Å². The largest absolute Gasteiger partial charge is 0.496 e. The maximum atomic E-state index is 12.2. The maximum absolute atomic E-state index is 12.2. The highest BCUT2D eigenvalue weighted by Gasteiger charge is 2.21. The van der Waals surface area contributed by atoms with Gasteiger partial charge in [0.05, 0.1) is 7.11 Å². The standard InChI is InChI=1S/C17H24N2O3/c1-12(20)19-15-8-9-16(22-2)14(10-15)11-18-17(21)13-6-4-3-5-7-13/h8-10,13H,3-7,11H2,1-2H3,(H,18,21)(H,19,20). The van der Waals surface area contributed by atoms with Gasteiger partial charge in [-0.2, -0.15) is 0 Å². The minimum absolute atomic E-state index is 0.117. The Morgan fingerprint density at radius 1 is 1.23 bits per heavy atom. The van der Waals surface area contributed by atoms with E-state index in [2.05, 4.69) is 10.6 Å². The normalized spacial score (nSPS) is 15.2. The average Bonchev–Trinajstić information content (AvgIpc) is 2.53. The lowest BCUT2D eigenvalue weighted by atomic mass is 9.88. The molecule has 120 valence electrons. The number of hydrogen-bond donors (Lipinski definition) is 2. The van der Waals surface area contributed by atoms with E-state index in [-0.39, 0.29) is 17.7 Å². The first-order valence-corrected chi connectivity index (χ1v) is 7.82. The molecule has 1 aliphatic rings. The van der Waals surface area contributed by atoms with Crippen molar-refractivity contribution >= 4 is 17.5 Å². The van der Waals surface area contributed by atoms with Gasteiger partial charge in [0.25, 0.3) is 0 Å². The van der Waals surface area contributed by atoms with Crippen molar-refractivity contribution in [3.05, 3.63) is 23.8 Å². The Kier molecular flexibility index (Phi) is 5.81. The molecule has 0 radical (unpaired) electrons. The Labute approximate surface area is 131 Å². The van der Waals surface area contributed by atoms with Crippen molar-refractivity contribution in [2.24, 2.45) is 5.92 Å². The Morgan fingerprint density at radius 2 is 1.95 bits per heavy atom. The van der Waals surface area contributed by atoms with Crippen molar-refractivity contribution in [1.82, 2.24) is 5.32 Å². The highest BCUT2D eigenvalue weighted by Crippen LogP contribution is 2.25. The smallest absolute Gasteiger partial charge is 0.223 e. The third-order valence-electron chi connectivity index (χ3n) is 4.03. The number of nitrogens with one attached hydrogen (secondary N) is 2. The quantitative estimate of drug-likeness (QED) is 0.879. The summed E-state index contributed by atoms with van der Waals surface area (Å²) in [5.74, 6) is 0.838. The van der Waals surface area contributed by atoms with Crippen LogP contribution < -0.4 is 15.4 Å². The molecule has 2 amide bonds. The van der Waals surface area contributed by atoms with Crippen LogP contribution in [-0.4, -0.2) is 18.9 Å². The van der Waals surface area contributed by atoms with E-state index in [1.54, 1.807) is 19.2 Å². The molecule has 2 rings (SSSR count).